The number of fused-ring (bicyclic) bond motifs is 1. The summed E-state index contributed by atoms with van der Waals surface area (Å²) in [5.41, 5.74) is 1.82. The van der Waals surface area contributed by atoms with E-state index >= 15 is 0 Å². The monoisotopic (exact) mass is 195 g/mol. The van der Waals surface area contributed by atoms with Gasteiger partial charge in [-0.15, -0.1) is 0 Å². The van der Waals surface area contributed by atoms with Gasteiger partial charge < -0.3 is 15.2 Å². The quantitative estimate of drug-likeness (QED) is 0.647. The number of amides is 1. The molecule has 76 valence electrons. The van der Waals surface area contributed by atoms with Gasteiger partial charge in [-0.25, -0.2) is 0 Å². The summed E-state index contributed by atoms with van der Waals surface area (Å²) >= 11 is 0. The van der Waals surface area contributed by atoms with E-state index in [9.17, 15) is 4.79 Å². The molecule has 1 heterocycles. The number of anilines is 1. The molecule has 1 amide bonds. The number of ether oxygens (including phenoxy) is 1. The SMILES string of the molecule is CO.Cc1cccc2c1OCC(=O)N2. The van der Waals surface area contributed by atoms with Gasteiger partial charge >= 0.3 is 0 Å². The first-order valence-corrected chi connectivity index (χ1v) is 4.24. The minimum Gasteiger partial charge on any atom is -0.481 e. The molecule has 1 aliphatic rings. The van der Waals surface area contributed by atoms with E-state index in [4.69, 9.17) is 9.84 Å². The van der Waals surface area contributed by atoms with E-state index in [1.807, 2.05) is 25.1 Å². The molecule has 1 aliphatic heterocycles. The molecular formula is C10H13NO3. The third-order valence-electron chi connectivity index (χ3n) is 1.83. The lowest BCUT2D eigenvalue weighted by atomic mass is 10.2. The number of aliphatic hydroxyl groups is 1. The molecule has 0 unspecified atom stereocenters. The summed E-state index contributed by atoms with van der Waals surface area (Å²) in [6.45, 7) is 2.08. The summed E-state index contributed by atoms with van der Waals surface area (Å²) < 4.78 is 5.25. The first kappa shape index (κ1) is 10.5. The molecule has 14 heavy (non-hydrogen) atoms. The number of aryl methyl sites for hydroxylation is 1. The maximum Gasteiger partial charge on any atom is 0.262 e. The number of para-hydroxylation sites is 1. The Balaban J connectivity index is 0.000000461. The Labute approximate surface area is 82.5 Å². The van der Waals surface area contributed by atoms with E-state index < -0.39 is 0 Å². The van der Waals surface area contributed by atoms with Crippen molar-refractivity contribution in [2.24, 2.45) is 0 Å². The summed E-state index contributed by atoms with van der Waals surface area (Å²) in [4.78, 5) is 10.9. The lowest BCUT2D eigenvalue weighted by Crippen LogP contribution is -2.25. The Hall–Kier alpha value is -1.55. The van der Waals surface area contributed by atoms with Crippen LogP contribution in [-0.2, 0) is 4.79 Å². The molecule has 0 atom stereocenters. The summed E-state index contributed by atoms with van der Waals surface area (Å²) in [5, 5.41) is 9.74. The van der Waals surface area contributed by atoms with Crippen molar-refractivity contribution in [3.8, 4) is 5.75 Å². The lowest BCUT2D eigenvalue weighted by Gasteiger charge is -2.19. The summed E-state index contributed by atoms with van der Waals surface area (Å²) in [6.07, 6.45) is 0. The zero-order valence-electron chi connectivity index (χ0n) is 8.20. The van der Waals surface area contributed by atoms with Crippen molar-refractivity contribution in [1.82, 2.24) is 0 Å². The average molecular weight is 195 g/mol. The number of hydrogen-bond donors (Lipinski definition) is 2. The van der Waals surface area contributed by atoms with Gasteiger partial charge in [0.15, 0.2) is 6.61 Å². The zero-order chi connectivity index (χ0) is 10.6. The van der Waals surface area contributed by atoms with Crippen molar-refractivity contribution < 1.29 is 14.6 Å². The van der Waals surface area contributed by atoms with Gasteiger partial charge in [-0.1, -0.05) is 12.1 Å². The molecule has 0 radical (unpaired) electrons. The van der Waals surface area contributed by atoms with E-state index in [2.05, 4.69) is 5.32 Å². The number of aliphatic hydroxyl groups excluding tert-OH is 1. The topological polar surface area (TPSA) is 58.6 Å². The molecule has 1 aromatic carbocycles. The molecule has 0 saturated heterocycles. The first-order valence-electron chi connectivity index (χ1n) is 4.24. The van der Waals surface area contributed by atoms with E-state index in [0.717, 1.165) is 24.1 Å². The Morgan fingerprint density at radius 2 is 2.14 bits per heavy atom. The van der Waals surface area contributed by atoms with Gasteiger partial charge in [0.2, 0.25) is 0 Å². The number of benzene rings is 1. The molecule has 0 aromatic heterocycles. The molecule has 4 nitrogen and oxygen atoms in total. The lowest BCUT2D eigenvalue weighted by molar-refractivity contribution is -0.118. The fourth-order valence-electron chi connectivity index (χ4n) is 1.27. The highest BCUT2D eigenvalue weighted by atomic mass is 16.5. The molecule has 4 heteroatoms. The molecule has 0 aliphatic carbocycles. The van der Waals surface area contributed by atoms with E-state index in [-0.39, 0.29) is 12.5 Å². The molecule has 0 bridgehead atoms. The van der Waals surface area contributed by atoms with Gasteiger partial charge in [0, 0.05) is 7.11 Å². The molecular weight excluding hydrogens is 182 g/mol. The van der Waals surface area contributed by atoms with Gasteiger partial charge in [-0.2, -0.15) is 0 Å². The molecule has 2 N–H and O–H groups in total. The van der Waals surface area contributed by atoms with Crippen LogP contribution in [0, 0.1) is 6.92 Å². The van der Waals surface area contributed by atoms with Crippen LogP contribution in [0.4, 0.5) is 5.69 Å². The van der Waals surface area contributed by atoms with E-state index in [1.165, 1.54) is 0 Å². The maximum absolute atomic E-state index is 10.9. The van der Waals surface area contributed by atoms with Crippen LogP contribution < -0.4 is 10.1 Å². The summed E-state index contributed by atoms with van der Waals surface area (Å²) in [7, 11) is 1.00. The second-order valence-electron chi connectivity index (χ2n) is 2.79. The Bertz CT molecular complexity index is 336. The minimum absolute atomic E-state index is 0.0897. The molecule has 1 aromatic rings. The normalized spacial score (nSPS) is 12.9. The van der Waals surface area contributed by atoms with Crippen LogP contribution in [0.1, 0.15) is 5.56 Å². The number of rotatable bonds is 0. The molecule has 0 fully saturated rings. The van der Waals surface area contributed by atoms with Crippen molar-refractivity contribution in [2.75, 3.05) is 19.0 Å². The van der Waals surface area contributed by atoms with Gasteiger partial charge in [0.1, 0.15) is 5.75 Å². The molecule has 0 spiro atoms. The van der Waals surface area contributed by atoms with Crippen LogP contribution in [-0.4, -0.2) is 24.7 Å². The number of hydrogen-bond acceptors (Lipinski definition) is 3. The Kier molecular flexibility index (Phi) is 3.48. The van der Waals surface area contributed by atoms with Crippen LogP contribution in [0.2, 0.25) is 0 Å². The number of nitrogens with one attached hydrogen (secondary N) is 1. The highest BCUT2D eigenvalue weighted by Crippen LogP contribution is 2.30. The molecule has 2 rings (SSSR count). The highest BCUT2D eigenvalue weighted by Gasteiger charge is 2.16. The smallest absolute Gasteiger partial charge is 0.262 e. The third kappa shape index (κ3) is 2.03. The number of carbonyl (C=O) groups excluding carboxylic acids is 1. The van der Waals surface area contributed by atoms with Gasteiger partial charge in [-0.3, -0.25) is 4.79 Å². The van der Waals surface area contributed by atoms with E-state index in [0.29, 0.717) is 0 Å². The minimum atomic E-state index is -0.0897. The zero-order valence-corrected chi connectivity index (χ0v) is 8.20. The van der Waals surface area contributed by atoms with Crippen LogP contribution in [0.25, 0.3) is 0 Å². The number of carbonyl (C=O) groups is 1. The average Bonchev–Trinajstić information content (AvgIpc) is 2.21. The van der Waals surface area contributed by atoms with Crippen LogP contribution in [0.3, 0.4) is 0 Å². The van der Waals surface area contributed by atoms with Crippen LogP contribution in [0.5, 0.6) is 5.75 Å². The maximum atomic E-state index is 10.9. The van der Waals surface area contributed by atoms with Crippen molar-refractivity contribution in [3.05, 3.63) is 23.8 Å². The van der Waals surface area contributed by atoms with Crippen molar-refractivity contribution in [1.29, 1.82) is 0 Å². The van der Waals surface area contributed by atoms with E-state index in [1.54, 1.807) is 0 Å². The Morgan fingerprint density at radius 3 is 2.86 bits per heavy atom. The second kappa shape index (κ2) is 4.62. The van der Waals surface area contributed by atoms with Gasteiger partial charge in [0.25, 0.3) is 5.91 Å². The van der Waals surface area contributed by atoms with Crippen molar-refractivity contribution in [2.45, 2.75) is 6.92 Å². The second-order valence-corrected chi connectivity index (χ2v) is 2.79. The first-order chi connectivity index (χ1) is 6.77. The fraction of sp³-hybridized carbons (Fsp3) is 0.300. The van der Waals surface area contributed by atoms with Crippen molar-refractivity contribution in [3.63, 3.8) is 0 Å². The Morgan fingerprint density at radius 1 is 1.43 bits per heavy atom. The predicted molar refractivity (Wildman–Crippen MR) is 53.4 cm³/mol. The van der Waals surface area contributed by atoms with Crippen LogP contribution in [0.15, 0.2) is 18.2 Å². The predicted octanol–water partition coefficient (Wildman–Crippen LogP) is 0.934. The van der Waals surface area contributed by atoms with Gasteiger partial charge in [-0.05, 0) is 18.6 Å². The van der Waals surface area contributed by atoms with Gasteiger partial charge in [0.05, 0.1) is 5.69 Å². The summed E-state index contributed by atoms with van der Waals surface area (Å²) in [6, 6.07) is 5.68. The molecule has 0 saturated carbocycles. The largest absolute Gasteiger partial charge is 0.481 e. The van der Waals surface area contributed by atoms with Crippen LogP contribution >= 0.6 is 0 Å². The highest BCUT2D eigenvalue weighted by molar-refractivity contribution is 5.95. The fourth-order valence-corrected chi connectivity index (χ4v) is 1.27. The summed E-state index contributed by atoms with van der Waals surface area (Å²) in [5.74, 6) is 0.699. The van der Waals surface area contributed by atoms with Crippen molar-refractivity contribution >= 4 is 11.6 Å². The standard InChI is InChI=1S/C9H9NO2.CH4O/c1-6-3-2-4-7-9(6)12-5-8(11)10-7;1-2/h2-4H,5H2,1H3,(H,10,11);2H,1H3. The third-order valence-corrected chi connectivity index (χ3v) is 1.83.